The van der Waals surface area contributed by atoms with E-state index in [9.17, 15) is 14.7 Å². The molecule has 0 spiro atoms. The second-order valence-corrected chi connectivity index (χ2v) is 10.8. The van der Waals surface area contributed by atoms with Gasteiger partial charge in [0.1, 0.15) is 17.3 Å². The van der Waals surface area contributed by atoms with Crippen LogP contribution in [0.25, 0.3) is 0 Å². The molecule has 0 radical (unpaired) electrons. The molecule has 4 nitrogen and oxygen atoms in total. The van der Waals surface area contributed by atoms with E-state index in [0.29, 0.717) is 58.9 Å². The Bertz CT molecular complexity index is 962. The highest BCUT2D eigenvalue weighted by molar-refractivity contribution is 6.35. The minimum Gasteiger partial charge on any atom is -0.506 e. The summed E-state index contributed by atoms with van der Waals surface area (Å²) in [6.07, 6.45) is 1.88. The van der Waals surface area contributed by atoms with E-state index in [1.165, 1.54) is 6.07 Å². The first-order chi connectivity index (χ1) is 13.4. The molecule has 0 fully saturated rings. The standard InChI is InChI=1S/C23H24Cl2O4/c1-22(2)7-14(26)19-16(9-22)29-17-10-23(3,4)8-15(27)20(17)18(19)12-5-11(24)6-13(25)21(12)28/h5-6,18,28H,7-10H2,1-4H3. The molecule has 0 amide bonds. The molecule has 1 aromatic carbocycles. The molecule has 0 atom stereocenters. The fourth-order valence-electron chi connectivity index (χ4n) is 4.79. The van der Waals surface area contributed by atoms with Crippen LogP contribution in [-0.4, -0.2) is 16.7 Å². The first-order valence-electron chi connectivity index (χ1n) is 9.77. The zero-order valence-electron chi connectivity index (χ0n) is 17.0. The Hall–Kier alpha value is -1.78. The number of hydrogen-bond acceptors (Lipinski definition) is 4. The molecule has 1 heterocycles. The smallest absolute Gasteiger partial charge is 0.163 e. The lowest BCUT2D eigenvalue weighted by Gasteiger charge is -2.42. The van der Waals surface area contributed by atoms with E-state index in [1.54, 1.807) is 6.07 Å². The Morgan fingerprint density at radius 3 is 1.86 bits per heavy atom. The van der Waals surface area contributed by atoms with Gasteiger partial charge in [0, 0.05) is 47.4 Å². The summed E-state index contributed by atoms with van der Waals surface area (Å²) in [6.45, 7) is 8.11. The Morgan fingerprint density at radius 2 is 1.38 bits per heavy atom. The molecule has 0 saturated heterocycles. The number of benzene rings is 1. The monoisotopic (exact) mass is 434 g/mol. The maximum Gasteiger partial charge on any atom is 0.163 e. The molecule has 3 aliphatic rings. The van der Waals surface area contributed by atoms with Crippen molar-refractivity contribution >= 4 is 34.8 Å². The molecule has 2 aliphatic carbocycles. The van der Waals surface area contributed by atoms with Gasteiger partial charge in [-0.2, -0.15) is 0 Å². The Balaban J connectivity index is 1.98. The molecule has 1 aromatic rings. The predicted molar refractivity (Wildman–Crippen MR) is 112 cm³/mol. The zero-order valence-corrected chi connectivity index (χ0v) is 18.5. The first-order valence-corrected chi connectivity index (χ1v) is 10.5. The Morgan fingerprint density at radius 1 is 0.897 bits per heavy atom. The van der Waals surface area contributed by atoms with Crippen LogP contribution < -0.4 is 0 Å². The Kier molecular flexibility index (Phi) is 4.67. The number of allylic oxidation sites excluding steroid dienone is 4. The summed E-state index contributed by atoms with van der Waals surface area (Å²) in [7, 11) is 0. The van der Waals surface area contributed by atoms with Gasteiger partial charge in [0.25, 0.3) is 0 Å². The Labute approximate surface area is 180 Å². The van der Waals surface area contributed by atoms with Crippen molar-refractivity contribution < 1.29 is 19.4 Å². The lowest BCUT2D eigenvalue weighted by atomic mass is 9.65. The molecule has 154 valence electrons. The van der Waals surface area contributed by atoms with Gasteiger partial charge in [-0.1, -0.05) is 50.9 Å². The number of hydrogen-bond donors (Lipinski definition) is 1. The number of Topliss-reactive ketones (excluding diaryl/α,β-unsaturated/α-hetero) is 2. The molecule has 0 aromatic heterocycles. The lowest BCUT2D eigenvalue weighted by molar-refractivity contribution is -0.120. The third-order valence-electron chi connectivity index (χ3n) is 5.95. The summed E-state index contributed by atoms with van der Waals surface area (Å²) in [4.78, 5) is 26.4. The second kappa shape index (κ2) is 6.61. The fourth-order valence-corrected chi connectivity index (χ4v) is 5.30. The highest BCUT2D eigenvalue weighted by Crippen LogP contribution is 2.55. The SMILES string of the molecule is CC1(C)CC(=O)C2=C(C1)OC1=C(C(=O)CC(C)(C)C1)C2c1cc(Cl)cc(Cl)c1O. The quantitative estimate of drug-likeness (QED) is 0.579. The van der Waals surface area contributed by atoms with Gasteiger partial charge in [-0.25, -0.2) is 0 Å². The van der Waals surface area contributed by atoms with Crippen LogP contribution in [0, 0.1) is 10.8 Å². The zero-order chi connectivity index (χ0) is 21.3. The van der Waals surface area contributed by atoms with Gasteiger partial charge in [0.15, 0.2) is 11.6 Å². The lowest BCUT2D eigenvalue weighted by Crippen LogP contribution is -2.37. The number of phenolic OH excluding ortho intramolecular Hbond substituents is 1. The van der Waals surface area contributed by atoms with Gasteiger partial charge in [0.05, 0.1) is 10.9 Å². The van der Waals surface area contributed by atoms with Crippen LogP contribution in [0.2, 0.25) is 10.0 Å². The number of ether oxygens (including phenoxy) is 1. The summed E-state index contributed by atoms with van der Waals surface area (Å²) in [5, 5.41) is 11.2. The fraction of sp³-hybridized carbons (Fsp3) is 0.478. The van der Waals surface area contributed by atoms with Crippen molar-refractivity contribution in [2.45, 2.75) is 59.3 Å². The van der Waals surface area contributed by atoms with E-state index in [1.807, 2.05) is 27.7 Å². The molecular weight excluding hydrogens is 411 g/mol. The molecule has 4 rings (SSSR count). The maximum absolute atomic E-state index is 13.2. The number of halogens is 2. The molecule has 6 heteroatoms. The van der Waals surface area contributed by atoms with Crippen molar-refractivity contribution in [1.82, 2.24) is 0 Å². The third-order valence-corrected chi connectivity index (χ3v) is 6.46. The molecule has 1 aliphatic heterocycles. The van der Waals surface area contributed by atoms with Gasteiger partial charge in [-0.3, -0.25) is 9.59 Å². The van der Waals surface area contributed by atoms with E-state index < -0.39 is 5.92 Å². The highest BCUT2D eigenvalue weighted by Gasteiger charge is 2.48. The van der Waals surface area contributed by atoms with E-state index in [0.717, 1.165) is 0 Å². The molecular formula is C23H24Cl2O4. The molecule has 0 bridgehead atoms. The van der Waals surface area contributed by atoms with Crippen molar-refractivity contribution in [2.75, 3.05) is 0 Å². The summed E-state index contributed by atoms with van der Waals surface area (Å²) < 4.78 is 6.23. The topological polar surface area (TPSA) is 63.6 Å². The highest BCUT2D eigenvalue weighted by atomic mass is 35.5. The van der Waals surface area contributed by atoms with E-state index in [2.05, 4.69) is 0 Å². The molecule has 1 N–H and O–H groups in total. The second-order valence-electron chi connectivity index (χ2n) is 9.92. The van der Waals surface area contributed by atoms with Crippen molar-refractivity contribution in [3.05, 3.63) is 50.4 Å². The van der Waals surface area contributed by atoms with E-state index >= 15 is 0 Å². The minimum absolute atomic E-state index is 0.0686. The van der Waals surface area contributed by atoms with Crippen LogP contribution in [0.3, 0.4) is 0 Å². The van der Waals surface area contributed by atoms with Crippen molar-refractivity contribution in [1.29, 1.82) is 0 Å². The average Bonchev–Trinajstić information content (AvgIpc) is 2.53. The predicted octanol–water partition coefficient (Wildman–Crippen LogP) is 6.10. The summed E-state index contributed by atoms with van der Waals surface area (Å²) in [5.41, 5.74) is 0.808. The van der Waals surface area contributed by atoms with Gasteiger partial charge in [0.2, 0.25) is 0 Å². The largest absolute Gasteiger partial charge is 0.506 e. The number of aromatic hydroxyl groups is 1. The first kappa shape index (κ1) is 20.5. The van der Waals surface area contributed by atoms with Crippen LogP contribution in [-0.2, 0) is 14.3 Å². The van der Waals surface area contributed by atoms with E-state index in [4.69, 9.17) is 27.9 Å². The average molecular weight is 435 g/mol. The van der Waals surface area contributed by atoms with Crippen molar-refractivity contribution in [3.63, 3.8) is 0 Å². The number of carbonyl (C=O) groups is 2. The number of ketones is 2. The van der Waals surface area contributed by atoms with Crippen molar-refractivity contribution in [3.8, 4) is 5.75 Å². The summed E-state index contributed by atoms with van der Waals surface area (Å²) >= 11 is 12.4. The summed E-state index contributed by atoms with van der Waals surface area (Å²) in [6, 6.07) is 3.04. The molecule has 0 saturated carbocycles. The van der Waals surface area contributed by atoms with E-state index in [-0.39, 0.29) is 33.2 Å². The molecule has 0 unspecified atom stereocenters. The number of rotatable bonds is 1. The van der Waals surface area contributed by atoms with Crippen molar-refractivity contribution in [2.24, 2.45) is 10.8 Å². The van der Waals surface area contributed by atoms with Gasteiger partial charge in [-0.05, 0) is 23.0 Å². The minimum atomic E-state index is -0.711. The van der Waals surface area contributed by atoms with Crippen LogP contribution in [0.1, 0.15) is 64.9 Å². The number of carbonyl (C=O) groups excluding carboxylic acids is 2. The normalized spacial score (nSPS) is 23.7. The summed E-state index contributed by atoms with van der Waals surface area (Å²) in [5.74, 6) is 0.183. The number of phenols is 1. The molecule has 29 heavy (non-hydrogen) atoms. The van der Waals surface area contributed by atoms with Gasteiger partial charge in [-0.15, -0.1) is 0 Å². The van der Waals surface area contributed by atoms with Crippen LogP contribution in [0.15, 0.2) is 34.8 Å². The van der Waals surface area contributed by atoms with Gasteiger partial charge < -0.3 is 9.84 Å². The van der Waals surface area contributed by atoms with Crippen LogP contribution in [0.4, 0.5) is 0 Å². The van der Waals surface area contributed by atoms with Gasteiger partial charge >= 0.3 is 0 Å². The van der Waals surface area contributed by atoms with Crippen LogP contribution in [0.5, 0.6) is 5.75 Å². The maximum atomic E-state index is 13.2. The van der Waals surface area contributed by atoms with Crippen LogP contribution >= 0.6 is 23.2 Å². The third kappa shape index (κ3) is 3.51.